The molecule has 3 N–H and O–H groups in total. The second-order valence-electron chi connectivity index (χ2n) is 6.52. The van der Waals surface area contributed by atoms with Gasteiger partial charge in [-0.05, 0) is 45.4 Å². The van der Waals surface area contributed by atoms with Crippen molar-refractivity contribution >= 4 is 12.0 Å². The Morgan fingerprint density at radius 1 is 1.20 bits per heavy atom. The summed E-state index contributed by atoms with van der Waals surface area (Å²) in [6.07, 6.45) is 6.93. The van der Waals surface area contributed by atoms with Gasteiger partial charge in [0.15, 0.2) is 0 Å². The lowest BCUT2D eigenvalue weighted by Gasteiger charge is -2.29. The molecule has 0 aromatic heterocycles. The molecule has 0 bridgehead atoms. The highest BCUT2D eigenvalue weighted by molar-refractivity contribution is 5.77. The SMILES string of the molecule is CCCC1CCC(NC(=O)NCC(C)(C)C(=O)O)CC1. The number of hydrogen-bond acceptors (Lipinski definition) is 2. The zero-order valence-electron chi connectivity index (χ0n) is 12.9. The predicted octanol–water partition coefficient (Wildman–Crippen LogP) is 2.76. The number of amides is 2. The van der Waals surface area contributed by atoms with Gasteiger partial charge in [-0.25, -0.2) is 4.79 Å². The summed E-state index contributed by atoms with van der Waals surface area (Å²) in [5.74, 6) is -0.0927. The molecule has 116 valence electrons. The highest BCUT2D eigenvalue weighted by Crippen LogP contribution is 2.27. The summed E-state index contributed by atoms with van der Waals surface area (Å²) >= 11 is 0. The topological polar surface area (TPSA) is 78.4 Å². The van der Waals surface area contributed by atoms with Crippen molar-refractivity contribution in [3.05, 3.63) is 0 Å². The molecule has 5 heteroatoms. The number of carboxylic acids is 1. The first-order chi connectivity index (χ1) is 9.35. The molecule has 0 aromatic rings. The molecule has 20 heavy (non-hydrogen) atoms. The number of nitrogens with one attached hydrogen (secondary N) is 2. The van der Waals surface area contributed by atoms with Crippen LogP contribution in [0.25, 0.3) is 0 Å². The zero-order chi connectivity index (χ0) is 15.2. The van der Waals surface area contributed by atoms with E-state index in [0.29, 0.717) is 0 Å². The molecule has 0 aromatic carbocycles. The maximum Gasteiger partial charge on any atom is 0.315 e. The van der Waals surface area contributed by atoms with Gasteiger partial charge in [-0.15, -0.1) is 0 Å². The Balaban J connectivity index is 2.25. The highest BCUT2D eigenvalue weighted by atomic mass is 16.4. The van der Waals surface area contributed by atoms with Gasteiger partial charge in [-0.3, -0.25) is 4.79 Å². The predicted molar refractivity (Wildman–Crippen MR) is 78.6 cm³/mol. The average molecular weight is 284 g/mol. The third-order valence-electron chi connectivity index (χ3n) is 4.15. The molecule has 0 radical (unpaired) electrons. The molecule has 2 amide bonds. The van der Waals surface area contributed by atoms with Crippen molar-refractivity contribution in [3.63, 3.8) is 0 Å². The second kappa shape index (κ2) is 7.50. The molecule has 1 aliphatic rings. The maximum atomic E-state index is 11.8. The summed E-state index contributed by atoms with van der Waals surface area (Å²) in [6.45, 7) is 5.55. The molecule has 1 fully saturated rings. The van der Waals surface area contributed by atoms with E-state index in [1.807, 2.05) is 0 Å². The van der Waals surface area contributed by atoms with Crippen molar-refractivity contribution in [1.29, 1.82) is 0 Å². The Hall–Kier alpha value is -1.26. The van der Waals surface area contributed by atoms with Crippen molar-refractivity contribution in [2.24, 2.45) is 11.3 Å². The van der Waals surface area contributed by atoms with Crippen LogP contribution in [0.5, 0.6) is 0 Å². The van der Waals surface area contributed by atoms with Gasteiger partial charge >= 0.3 is 12.0 Å². The third-order valence-corrected chi connectivity index (χ3v) is 4.15. The molecule has 0 spiro atoms. The van der Waals surface area contributed by atoms with Gasteiger partial charge < -0.3 is 15.7 Å². The fourth-order valence-electron chi connectivity index (χ4n) is 2.62. The van der Waals surface area contributed by atoms with Crippen LogP contribution in [0.3, 0.4) is 0 Å². The number of carbonyl (C=O) groups is 2. The van der Waals surface area contributed by atoms with Crippen LogP contribution in [0.15, 0.2) is 0 Å². The standard InChI is InChI=1S/C15H28N2O3/c1-4-5-11-6-8-12(9-7-11)17-14(20)16-10-15(2,3)13(18)19/h11-12H,4-10H2,1-3H3,(H,18,19)(H2,16,17,20). The fourth-order valence-corrected chi connectivity index (χ4v) is 2.62. The minimum atomic E-state index is -0.934. The van der Waals surface area contributed by atoms with Gasteiger partial charge in [0.05, 0.1) is 5.41 Å². The maximum absolute atomic E-state index is 11.8. The smallest absolute Gasteiger partial charge is 0.315 e. The van der Waals surface area contributed by atoms with Gasteiger partial charge in [-0.2, -0.15) is 0 Å². The average Bonchev–Trinajstić information content (AvgIpc) is 2.39. The number of hydrogen-bond donors (Lipinski definition) is 3. The van der Waals surface area contributed by atoms with Gasteiger partial charge in [0.2, 0.25) is 0 Å². The third kappa shape index (κ3) is 5.39. The molecule has 0 heterocycles. The van der Waals surface area contributed by atoms with E-state index in [4.69, 9.17) is 5.11 Å². The Kier molecular flexibility index (Phi) is 6.30. The van der Waals surface area contributed by atoms with Crippen molar-refractivity contribution < 1.29 is 14.7 Å². The van der Waals surface area contributed by atoms with Crippen molar-refractivity contribution in [1.82, 2.24) is 10.6 Å². The molecular formula is C15H28N2O3. The van der Waals surface area contributed by atoms with E-state index in [9.17, 15) is 9.59 Å². The molecule has 0 aliphatic heterocycles. The minimum absolute atomic E-state index is 0.138. The molecule has 0 saturated heterocycles. The summed E-state index contributed by atoms with van der Waals surface area (Å²) in [5, 5.41) is 14.6. The molecule has 0 unspecified atom stereocenters. The summed E-state index contributed by atoms with van der Waals surface area (Å²) in [6, 6.07) is -0.0192. The van der Waals surface area contributed by atoms with Crippen LogP contribution < -0.4 is 10.6 Å². The number of urea groups is 1. The van der Waals surface area contributed by atoms with Crippen LogP contribution in [0.1, 0.15) is 59.3 Å². The lowest BCUT2D eigenvalue weighted by Crippen LogP contribution is -2.47. The molecule has 1 aliphatic carbocycles. The lowest BCUT2D eigenvalue weighted by atomic mass is 9.83. The van der Waals surface area contributed by atoms with E-state index in [0.717, 1.165) is 18.8 Å². The van der Waals surface area contributed by atoms with Crippen LogP contribution in [0.2, 0.25) is 0 Å². The van der Waals surface area contributed by atoms with Gasteiger partial charge in [-0.1, -0.05) is 19.8 Å². The lowest BCUT2D eigenvalue weighted by molar-refractivity contribution is -0.146. The number of aliphatic carboxylic acids is 1. The normalized spacial score (nSPS) is 23.1. The Labute approximate surface area is 121 Å². The Morgan fingerprint density at radius 2 is 1.80 bits per heavy atom. The Bertz CT molecular complexity index is 334. The van der Waals surface area contributed by atoms with Crippen LogP contribution in [0, 0.1) is 11.3 Å². The molecule has 0 atom stereocenters. The number of carboxylic acid groups (broad SMARTS) is 1. The Morgan fingerprint density at radius 3 is 2.30 bits per heavy atom. The monoisotopic (exact) mass is 284 g/mol. The van der Waals surface area contributed by atoms with Gasteiger partial charge in [0.1, 0.15) is 0 Å². The minimum Gasteiger partial charge on any atom is -0.481 e. The first kappa shape index (κ1) is 16.8. The first-order valence-corrected chi connectivity index (χ1v) is 7.63. The van der Waals surface area contributed by atoms with E-state index in [1.54, 1.807) is 13.8 Å². The number of carbonyl (C=O) groups excluding carboxylic acids is 1. The zero-order valence-corrected chi connectivity index (χ0v) is 12.9. The summed E-state index contributed by atoms with van der Waals surface area (Å²) in [7, 11) is 0. The molecule has 1 rings (SSSR count). The van der Waals surface area contributed by atoms with Crippen molar-refractivity contribution in [2.75, 3.05) is 6.54 Å². The molecule has 5 nitrogen and oxygen atoms in total. The van der Waals surface area contributed by atoms with Gasteiger partial charge in [0, 0.05) is 12.6 Å². The highest BCUT2D eigenvalue weighted by Gasteiger charge is 2.28. The first-order valence-electron chi connectivity index (χ1n) is 7.63. The largest absolute Gasteiger partial charge is 0.481 e. The van der Waals surface area contributed by atoms with E-state index < -0.39 is 11.4 Å². The van der Waals surface area contributed by atoms with Crippen LogP contribution in [0.4, 0.5) is 4.79 Å². The van der Waals surface area contributed by atoms with Crippen molar-refractivity contribution in [3.8, 4) is 0 Å². The molecule has 1 saturated carbocycles. The molecular weight excluding hydrogens is 256 g/mol. The van der Waals surface area contributed by atoms with Crippen molar-refractivity contribution in [2.45, 2.75) is 65.3 Å². The summed E-state index contributed by atoms with van der Waals surface area (Å²) in [4.78, 5) is 22.7. The fraction of sp³-hybridized carbons (Fsp3) is 0.867. The van der Waals surface area contributed by atoms with E-state index in [1.165, 1.54) is 25.7 Å². The second-order valence-corrected chi connectivity index (χ2v) is 6.52. The summed E-state index contributed by atoms with van der Waals surface area (Å²) < 4.78 is 0. The van der Waals surface area contributed by atoms with E-state index >= 15 is 0 Å². The number of rotatable bonds is 6. The van der Waals surface area contributed by atoms with E-state index in [-0.39, 0.29) is 18.6 Å². The van der Waals surface area contributed by atoms with E-state index in [2.05, 4.69) is 17.6 Å². The van der Waals surface area contributed by atoms with Crippen LogP contribution in [-0.4, -0.2) is 29.7 Å². The van der Waals surface area contributed by atoms with Crippen LogP contribution >= 0.6 is 0 Å². The van der Waals surface area contributed by atoms with Gasteiger partial charge in [0.25, 0.3) is 0 Å². The van der Waals surface area contributed by atoms with Crippen LogP contribution in [-0.2, 0) is 4.79 Å². The summed E-state index contributed by atoms with van der Waals surface area (Å²) in [5.41, 5.74) is -0.934. The quantitative estimate of drug-likeness (QED) is 0.701.